The molecular weight excluding hydrogens is 599 g/mol. The van der Waals surface area contributed by atoms with Crippen molar-refractivity contribution in [3.8, 4) is 45.3 Å². The van der Waals surface area contributed by atoms with Gasteiger partial charge in [0.1, 0.15) is 11.2 Å². The minimum Gasteiger partial charge on any atom is -0.455 e. The first-order chi connectivity index (χ1) is 24.3. The number of hydrogen-bond donors (Lipinski definition) is 0. The van der Waals surface area contributed by atoms with Crippen LogP contribution >= 0.6 is 0 Å². The van der Waals surface area contributed by atoms with Crippen LogP contribution in [0.25, 0.3) is 99.5 Å². The normalized spacial score (nSPS) is 11.7. The van der Waals surface area contributed by atoms with Crippen LogP contribution in [0.5, 0.6) is 0 Å². The molecule has 0 saturated carbocycles. The third-order valence-corrected chi connectivity index (χ3v) is 9.46. The van der Waals surface area contributed by atoms with Crippen molar-refractivity contribution in [1.29, 1.82) is 0 Å². The molecule has 0 fully saturated rings. The van der Waals surface area contributed by atoms with Gasteiger partial charge < -0.3 is 4.42 Å². The zero-order valence-corrected chi connectivity index (χ0v) is 26.3. The molecule has 0 aliphatic rings. The number of fused-ring (bicyclic) bond motifs is 8. The van der Waals surface area contributed by atoms with E-state index in [4.69, 9.17) is 19.4 Å². The molecule has 49 heavy (non-hydrogen) atoms. The molecule has 228 valence electrons. The van der Waals surface area contributed by atoms with Crippen LogP contribution in [0.3, 0.4) is 0 Å². The van der Waals surface area contributed by atoms with Gasteiger partial charge >= 0.3 is 0 Å². The zero-order chi connectivity index (χ0) is 32.3. The molecule has 2 heterocycles. The molecule has 2 aromatic heterocycles. The Bertz CT molecular complexity index is 2820. The third-order valence-electron chi connectivity index (χ3n) is 9.46. The van der Waals surface area contributed by atoms with E-state index in [1.165, 1.54) is 10.8 Å². The summed E-state index contributed by atoms with van der Waals surface area (Å²) in [5.41, 5.74) is 6.92. The highest BCUT2D eigenvalue weighted by molar-refractivity contribution is 6.27. The maximum Gasteiger partial charge on any atom is 0.164 e. The molecule has 0 aliphatic heterocycles. The van der Waals surface area contributed by atoms with Crippen LogP contribution in [0.2, 0.25) is 0 Å². The van der Waals surface area contributed by atoms with Gasteiger partial charge in [-0.05, 0) is 62.3 Å². The number of benzene rings is 8. The minimum atomic E-state index is 0.640. The summed E-state index contributed by atoms with van der Waals surface area (Å²) in [7, 11) is 0. The van der Waals surface area contributed by atoms with E-state index in [0.29, 0.717) is 17.5 Å². The lowest BCUT2D eigenvalue weighted by molar-refractivity contribution is 0.673. The van der Waals surface area contributed by atoms with E-state index in [1.54, 1.807) is 0 Å². The smallest absolute Gasteiger partial charge is 0.164 e. The second kappa shape index (κ2) is 11.0. The van der Waals surface area contributed by atoms with Crippen molar-refractivity contribution in [3.05, 3.63) is 164 Å². The molecule has 0 spiro atoms. The van der Waals surface area contributed by atoms with Gasteiger partial charge in [-0.1, -0.05) is 140 Å². The van der Waals surface area contributed by atoms with E-state index >= 15 is 0 Å². The highest BCUT2D eigenvalue weighted by atomic mass is 16.3. The molecular formula is C45H27N3O. The van der Waals surface area contributed by atoms with Crippen molar-refractivity contribution in [2.45, 2.75) is 0 Å². The third kappa shape index (κ3) is 4.57. The van der Waals surface area contributed by atoms with Gasteiger partial charge in [-0.15, -0.1) is 0 Å². The summed E-state index contributed by atoms with van der Waals surface area (Å²) in [6.07, 6.45) is 0. The van der Waals surface area contributed by atoms with E-state index in [9.17, 15) is 0 Å². The molecule has 0 radical (unpaired) electrons. The van der Waals surface area contributed by atoms with Crippen LogP contribution in [0.4, 0.5) is 0 Å². The second-order valence-electron chi connectivity index (χ2n) is 12.4. The lowest BCUT2D eigenvalue weighted by Gasteiger charge is -2.12. The lowest BCUT2D eigenvalue weighted by atomic mass is 9.92. The predicted octanol–water partition coefficient (Wildman–Crippen LogP) is 11.9. The number of aromatic nitrogens is 3. The van der Waals surface area contributed by atoms with E-state index in [1.807, 2.05) is 66.7 Å². The van der Waals surface area contributed by atoms with Crippen molar-refractivity contribution >= 4 is 54.3 Å². The Balaban J connectivity index is 1.18. The van der Waals surface area contributed by atoms with Crippen molar-refractivity contribution in [2.75, 3.05) is 0 Å². The second-order valence-corrected chi connectivity index (χ2v) is 12.4. The van der Waals surface area contributed by atoms with Gasteiger partial charge in [-0.3, -0.25) is 0 Å². The monoisotopic (exact) mass is 625 g/mol. The summed E-state index contributed by atoms with van der Waals surface area (Å²) in [5.74, 6) is 1.94. The van der Waals surface area contributed by atoms with Crippen LogP contribution in [-0.4, -0.2) is 15.0 Å². The molecule has 8 aromatic carbocycles. The Kier molecular flexibility index (Phi) is 6.15. The SMILES string of the molecule is c1ccc(-c2nc(-c3ccccc3)nc(-c3ccc4ccc(-c5cc6ccc7ccccc7c6c6oc7ccccc7c56)cc4c3)n2)cc1. The molecule has 0 N–H and O–H groups in total. The molecule has 0 amide bonds. The average Bonchev–Trinajstić information content (AvgIpc) is 3.57. The molecule has 0 saturated heterocycles. The first-order valence-electron chi connectivity index (χ1n) is 16.4. The van der Waals surface area contributed by atoms with E-state index in [2.05, 4.69) is 97.1 Å². The summed E-state index contributed by atoms with van der Waals surface area (Å²) >= 11 is 0. The average molecular weight is 626 g/mol. The van der Waals surface area contributed by atoms with E-state index in [0.717, 1.165) is 71.3 Å². The zero-order valence-electron chi connectivity index (χ0n) is 26.3. The fourth-order valence-corrected chi connectivity index (χ4v) is 7.10. The molecule has 0 bridgehead atoms. The van der Waals surface area contributed by atoms with Gasteiger partial charge in [-0.2, -0.15) is 0 Å². The van der Waals surface area contributed by atoms with Gasteiger partial charge in [-0.25, -0.2) is 15.0 Å². The van der Waals surface area contributed by atoms with Gasteiger partial charge in [0.25, 0.3) is 0 Å². The summed E-state index contributed by atoms with van der Waals surface area (Å²) in [6, 6.07) is 56.9. The number of nitrogens with zero attached hydrogens (tertiary/aromatic N) is 3. The largest absolute Gasteiger partial charge is 0.455 e. The highest BCUT2D eigenvalue weighted by Gasteiger charge is 2.19. The van der Waals surface area contributed by atoms with Crippen LogP contribution in [0, 0.1) is 0 Å². The van der Waals surface area contributed by atoms with Gasteiger partial charge in [0.15, 0.2) is 17.5 Å². The van der Waals surface area contributed by atoms with Crippen LogP contribution < -0.4 is 0 Å². The highest BCUT2D eigenvalue weighted by Crippen LogP contribution is 2.44. The van der Waals surface area contributed by atoms with Crippen molar-refractivity contribution in [2.24, 2.45) is 0 Å². The lowest BCUT2D eigenvalue weighted by Crippen LogP contribution is -2.00. The summed E-state index contributed by atoms with van der Waals surface area (Å²) in [6.45, 7) is 0. The first-order valence-corrected chi connectivity index (χ1v) is 16.4. The van der Waals surface area contributed by atoms with Crippen LogP contribution in [0.15, 0.2) is 168 Å². The minimum absolute atomic E-state index is 0.640. The Labute approximate surface area is 282 Å². The molecule has 10 aromatic rings. The van der Waals surface area contributed by atoms with Crippen molar-refractivity contribution < 1.29 is 4.42 Å². The molecule has 10 rings (SSSR count). The van der Waals surface area contributed by atoms with E-state index in [-0.39, 0.29) is 0 Å². The van der Waals surface area contributed by atoms with E-state index < -0.39 is 0 Å². The first kappa shape index (κ1) is 27.5. The summed E-state index contributed by atoms with van der Waals surface area (Å²) in [5, 5.41) is 9.20. The molecule has 0 aliphatic carbocycles. The number of rotatable bonds is 4. The molecule has 0 atom stereocenters. The fourth-order valence-electron chi connectivity index (χ4n) is 7.10. The summed E-state index contributed by atoms with van der Waals surface area (Å²) < 4.78 is 6.67. The van der Waals surface area contributed by atoms with Gasteiger partial charge in [0.2, 0.25) is 0 Å². The quantitative estimate of drug-likeness (QED) is 0.183. The number of hydrogen-bond acceptors (Lipinski definition) is 4. The predicted molar refractivity (Wildman–Crippen MR) is 201 cm³/mol. The number of furan rings is 1. The Hall–Kier alpha value is -6.65. The topological polar surface area (TPSA) is 51.8 Å². The fraction of sp³-hybridized carbons (Fsp3) is 0. The maximum atomic E-state index is 6.67. The van der Waals surface area contributed by atoms with Gasteiger partial charge in [0, 0.05) is 32.8 Å². The van der Waals surface area contributed by atoms with Crippen molar-refractivity contribution in [1.82, 2.24) is 15.0 Å². The maximum absolute atomic E-state index is 6.67. The number of para-hydroxylation sites is 1. The molecule has 0 unspecified atom stereocenters. The van der Waals surface area contributed by atoms with Crippen molar-refractivity contribution in [3.63, 3.8) is 0 Å². The van der Waals surface area contributed by atoms with Crippen LogP contribution in [-0.2, 0) is 0 Å². The summed E-state index contributed by atoms with van der Waals surface area (Å²) in [4.78, 5) is 14.8. The Morgan fingerprint density at radius 1 is 0.347 bits per heavy atom. The Morgan fingerprint density at radius 3 is 1.63 bits per heavy atom. The molecule has 4 heteroatoms. The van der Waals surface area contributed by atoms with Gasteiger partial charge in [0.05, 0.1) is 0 Å². The Morgan fingerprint density at radius 2 is 0.898 bits per heavy atom. The van der Waals surface area contributed by atoms with Crippen LogP contribution in [0.1, 0.15) is 0 Å². The standard InChI is InChI=1S/C45H27N3O/c1-3-12-30(13-4-1)43-46-44(31-14-5-2-6-15-31)48-45(47-43)34-24-20-28-19-22-32(25-35(28)26-34)38-27-33-23-21-29-11-7-8-16-36(29)40(33)42-41(38)37-17-9-10-18-39(37)49-42/h1-27H. The molecule has 4 nitrogen and oxygen atoms in total.